The van der Waals surface area contributed by atoms with Gasteiger partial charge in [0.25, 0.3) is 5.91 Å². The van der Waals surface area contributed by atoms with Gasteiger partial charge in [-0.05, 0) is 35.9 Å². The molecule has 3 nitrogen and oxygen atoms in total. The van der Waals surface area contributed by atoms with Gasteiger partial charge in [-0.2, -0.15) is 0 Å². The molecule has 0 saturated heterocycles. The molecule has 0 heterocycles. The number of nitrogens with one attached hydrogen (secondary N) is 1. The highest BCUT2D eigenvalue weighted by atomic mass is 35.5. The lowest BCUT2D eigenvalue weighted by molar-refractivity contribution is 0.0952. The Bertz CT molecular complexity index is 662. The molecule has 0 radical (unpaired) electrons. The van der Waals surface area contributed by atoms with Gasteiger partial charge in [0, 0.05) is 12.2 Å². The van der Waals surface area contributed by atoms with Crippen LogP contribution in [-0.2, 0) is 6.54 Å². The Morgan fingerprint density at radius 3 is 2.60 bits per heavy atom. The summed E-state index contributed by atoms with van der Waals surface area (Å²) in [6, 6.07) is 7.68. The van der Waals surface area contributed by atoms with Gasteiger partial charge >= 0.3 is 0 Å². The van der Waals surface area contributed by atoms with E-state index in [4.69, 9.17) is 17.3 Å². The molecule has 1 amide bonds. The second-order valence-electron chi connectivity index (χ2n) is 4.16. The first-order valence-electron chi connectivity index (χ1n) is 5.74. The van der Waals surface area contributed by atoms with Crippen LogP contribution >= 0.6 is 11.6 Å². The van der Waals surface area contributed by atoms with Gasteiger partial charge in [-0.15, -0.1) is 0 Å². The van der Waals surface area contributed by atoms with Crippen molar-refractivity contribution in [2.24, 2.45) is 0 Å². The van der Waals surface area contributed by atoms with Crippen LogP contribution in [-0.4, -0.2) is 5.91 Å². The van der Waals surface area contributed by atoms with Crippen LogP contribution in [0.4, 0.5) is 14.5 Å². The summed E-state index contributed by atoms with van der Waals surface area (Å²) < 4.78 is 25.9. The molecular formula is C14H11ClF2N2O. The van der Waals surface area contributed by atoms with Crippen molar-refractivity contribution >= 4 is 23.2 Å². The fourth-order valence-electron chi connectivity index (χ4n) is 1.67. The topological polar surface area (TPSA) is 55.1 Å². The zero-order chi connectivity index (χ0) is 14.7. The summed E-state index contributed by atoms with van der Waals surface area (Å²) in [7, 11) is 0. The molecule has 0 aliphatic heterocycles. The van der Waals surface area contributed by atoms with Crippen LogP contribution in [0.15, 0.2) is 36.4 Å². The van der Waals surface area contributed by atoms with Crippen molar-refractivity contribution in [1.82, 2.24) is 5.32 Å². The molecule has 3 N–H and O–H groups in total. The standard InChI is InChI=1S/C14H11ClF2N2O/c15-11-5-8(1-4-12(11)17)7-19-14(20)10-3-2-9(16)6-13(10)18/h1-6H,7,18H2,(H,19,20). The number of nitrogen functional groups attached to an aromatic ring is 1. The molecule has 0 bridgehead atoms. The molecule has 0 unspecified atom stereocenters. The Labute approximate surface area is 119 Å². The SMILES string of the molecule is Nc1cc(F)ccc1C(=O)NCc1ccc(F)c(Cl)c1. The molecule has 104 valence electrons. The molecule has 0 saturated carbocycles. The number of hydrogen-bond acceptors (Lipinski definition) is 2. The van der Waals surface area contributed by atoms with E-state index in [1.165, 1.54) is 24.3 Å². The molecule has 0 aromatic heterocycles. The van der Waals surface area contributed by atoms with Crippen LogP contribution in [0, 0.1) is 11.6 Å². The molecule has 2 rings (SSSR count). The van der Waals surface area contributed by atoms with Gasteiger partial charge < -0.3 is 11.1 Å². The van der Waals surface area contributed by atoms with Crippen LogP contribution in [0.5, 0.6) is 0 Å². The molecule has 0 fully saturated rings. The molecule has 2 aromatic rings. The minimum absolute atomic E-state index is 0.0157. The van der Waals surface area contributed by atoms with Crippen LogP contribution in [0.25, 0.3) is 0 Å². The smallest absolute Gasteiger partial charge is 0.253 e. The molecule has 0 aliphatic rings. The third kappa shape index (κ3) is 3.24. The lowest BCUT2D eigenvalue weighted by Gasteiger charge is -2.08. The summed E-state index contributed by atoms with van der Waals surface area (Å²) in [6.45, 7) is 0.162. The molecule has 0 spiro atoms. The number of amides is 1. The van der Waals surface area contributed by atoms with Crippen molar-refractivity contribution in [2.75, 3.05) is 5.73 Å². The third-order valence-corrected chi connectivity index (χ3v) is 2.98. The van der Waals surface area contributed by atoms with Gasteiger partial charge in [0.05, 0.1) is 10.6 Å². The zero-order valence-electron chi connectivity index (χ0n) is 10.3. The average molecular weight is 297 g/mol. The van der Waals surface area contributed by atoms with E-state index in [1.807, 2.05) is 0 Å². The predicted molar refractivity (Wildman–Crippen MR) is 73.4 cm³/mol. The van der Waals surface area contributed by atoms with E-state index in [-0.39, 0.29) is 22.8 Å². The van der Waals surface area contributed by atoms with E-state index in [2.05, 4.69) is 5.32 Å². The number of halogens is 3. The highest BCUT2D eigenvalue weighted by Gasteiger charge is 2.10. The Hall–Kier alpha value is -2.14. The number of carbonyl (C=O) groups excluding carboxylic acids is 1. The highest BCUT2D eigenvalue weighted by molar-refractivity contribution is 6.30. The van der Waals surface area contributed by atoms with Crippen LogP contribution in [0.3, 0.4) is 0 Å². The van der Waals surface area contributed by atoms with Gasteiger partial charge in [0.2, 0.25) is 0 Å². The number of hydrogen-bond donors (Lipinski definition) is 2. The van der Waals surface area contributed by atoms with E-state index < -0.39 is 17.5 Å². The van der Waals surface area contributed by atoms with E-state index in [0.29, 0.717) is 5.56 Å². The van der Waals surface area contributed by atoms with Gasteiger partial charge in [-0.1, -0.05) is 17.7 Å². The minimum atomic E-state index is -0.524. The molecule has 0 atom stereocenters. The average Bonchev–Trinajstić information content (AvgIpc) is 2.40. The van der Waals surface area contributed by atoms with Crippen molar-refractivity contribution < 1.29 is 13.6 Å². The van der Waals surface area contributed by atoms with E-state index in [1.54, 1.807) is 0 Å². The van der Waals surface area contributed by atoms with Gasteiger partial charge in [-0.3, -0.25) is 4.79 Å². The zero-order valence-corrected chi connectivity index (χ0v) is 11.0. The van der Waals surface area contributed by atoms with Crippen molar-refractivity contribution in [1.29, 1.82) is 0 Å². The summed E-state index contributed by atoms with van der Waals surface area (Å²) in [5.41, 5.74) is 6.44. The third-order valence-electron chi connectivity index (χ3n) is 2.70. The number of benzene rings is 2. The van der Waals surface area contributed by atoms with Gasteiger partial charge in [0.1, 0.15) is 11.6 Å². The lowest BCUT2D eigenvalue weighted by atomic mass is 10.1. The van der Waals surface area contributed by atoms with E-state index in [0.717, 1.165) is 12.1 Å². The Kier molecular flexibility index (Phi) is 4.20. The predicted octanol–water partition coefficient (Wildman–Crippen LogP) is 3.13. The summed E-state index contributed by atoms with van der Waals surface area (Å²) in [4.78, 5) is 11.9. The molecule has 6 heteroatoms. The van der Waals surface area contributed by atoms with Gasteiger partial charge in [0.15, 0.2) is 0 Å². The van der Waals surface area contributed by atoms with E-state index >= 15 is 0 Å². The van der Waals surface area contributed by atoms with Gasteiger partial charge in [-0.25, -0.2) is 8.78 Å². The number of carbonyl (C=O) groups is 1. The minimum Gasteiger partial charge on any atom is -0.398 e. The van der Waals surface area contributed by atoms with E-state index in [9.17, 15) is 13.6 Å². The molecule has 0 aliphatic carbocycles. The summed E-state index contributed by atoms with van der Waals surface area (Å²) in [5, 5.41) is 2.58. The van der Waals surface area contributed by atoms with Crippen molar-refractivity contribution in [3.05, 3.63) is 64.2 Å². The maximum atomic E-state index is 13.0. The monoisotopic (exact) mass is 296 g/mol. The van der Waals surface area contributed by atoms with Crippen molar-refractivity contribution in [3.63, 3.8) is 0 Å². The highest BCUT2D eigenvalue weighted by Crippen LogP contribution is 2.17. The largest absolute Gasteiger partial charge is 0.398 e. The number of rotatable bonds is 3. The molecular weight excluding hydrogens is 286 g/mol. The summed E-state index contributed by atoms with van der Waals surface area (Å²) in [5.74, 6) is -1.48. The number of anilines is 1. The fourth-order valence-corrected chi connectivity index (χ4v) is 1.87. The van der Waals surface area contributed by atoms with Crippen LogP contribution in [0.2, 0.25) is 5.02 Å². The Morgan fingerprint density at radius 1 is 1.20 bits per heavy atom. The maximum absolute atomic E-state index is 13.0. The molecule has 20 heavy (non-hydrogen) atoms. The van der Waals surface area contributed by atoms with Crippen molar-refractivity contribution in [3.8, 4) is 0 Å². The lowest BCUT2D eigenvalue weighted by Crippen LogP contribution is -2.23. The first kappa shape index (κ1) is 14.3. The first-order valence-corrected chi connectivity index (χ1v) is 6.12. The second-order valence-corrected chi connectivity index (χ2v) is 4.57. The maximum Gasteiger partial charge on any atom is 0.253 e. The summed E-state index contributed by atoms with van der Waals surface area (Å²) >= 11 is 5.64. The van der Waals surface area contributed by atoms with Crippen LogP contribution < -0.4 is 11.1 Å². The first-order chi connectivity index (χ1) is 9.47. The Balaban J connectivity index is 2.06. The fraction of sp³-hybridized carbons (Fsp3) is 0.0714. The molecule has 2 aromatic carbocycles. The van der Waals surface area contributed by atoms with Crippen molar-refractivity contribution in [2.45, 2.75) is 6.54 Å². The normalized spacial score (nSPS) is 10.3. The Morgan fingerprint density at radius 2 is 1.95 bits per heavy atom. The quantitative estimate of drug-likeness (QED) is 0.855. The number of nitrogens with two attached hydrogens (primary N) is 1. The summed E-state index contributed by atoms with van der Waals surface area (Å²) in [6.07, 6.45) is 0. The van der Waals surface area contributed by atoms with Crippen LogP contribution in [0.1, 0.15) is 15.9 Å². The second kappa shape index (κ2) is 5.88.